The molecule has 7 nitrogen and oxygen atoms in total. The van der Waals surface area contributed by atoms with Crippen molar-refractivity contribution in [2.45, 2.75) is 31.5 Å². The minimum Gasteiger partial charge on any atom is -0.493 e. The van der Waals surface area contributed by atoms with Crippen LogP contribution in [0.25, 0.3) is 0 Å². The van der Waals surface area contributed by atoms with Gasteiger partial charge in [0.1, 0.15) is 0 Å². The van der Waals surface area contributed by atoms with Crippen molar-refractivity contribution in [3.63, 3.8) is 0 Å². The highest BCUT2D eigenvalue weighted by Gasteiger charge is 2.37. The molecular weight excluding hydrogens is 392 g/mol. The minimum atomic E-state index is -3.13. The van der Waals surface area contributed by atoms with Crippen LogP contribution in [0.15, 0.2) is 12.1 Å². The zero-order chi connectivity index (χ0) is 18.9. The summed E-state index contributed by atoms with van der Waals surface area (Å²) in [5.74, 6) is 1.74. The molecule has 0 amide bonds. The summed E-state index contributed by atoms with van der Waals surface area (Å²) >= 11 is 0. The van der Waals surface area contributed by atoms with Gasteiger partial charge in [-0.15, -0.1) is 12.4 Å². The fourth-order valence-electron chi connectivity index (χ4n) is 4.09. The fraction of sp³-hybridized carbons (Fsp3) is 0.667. The van der Waals surface area contributed by atoms with Gasteiger partial charge in [0.2, 0.25) is 10.0 Å². The smallest absolute Gasteiger partial charge is 0.211 e. The van der Waals surface area contributed by atoms with Crippen LogP contribution in [0.1, 0.15) is 30.1 Å². The monoisotopic (exact) mass is 420 g/mol. The molecule has 2 N–H and O–H groups in total. The van der Waals surface area contributed by atoms with Crippen LogP contribution in [0.5, 0.6) is 11.5 Å². The van der Waals surface area contributed by atoms with Gasteiger partial charge in [-0.25, -0.2) is 12.7 Å². The van der Waals surface area contributed by atoms with E-state index in [4.69, 9.17) is 19.9 Å². The van der Waals surface area contributed by atoms with Crippen LogP contribution in [-0.4, -0.2) is 58.9 Å². The summed E-state index contributed by atoms with van der Waals surface area (Å²) in [4.78, 5) is 0. The van der Waals surface area contributed by atoms with Crippen molar-refractivity contribution in [1.29, 1.82) is 0 Å². The predicted octanol–water partition coefficient (Wildman–Crippen LogP) is 1.74. The molecule has 1 saturated heterocycles. The van der Waals surface area contributed by atoms with Crippen molar-refractivity contribution in [1.82, 2.24) is 4.31 Å². The zero-order valence-electron chi connectivity index (χ0n) is 16.0. The number of fused-ring (bicyclic) bond motifs is 1. The predicted molar refractivity (Wildman–Crippen MR) is 106 cm³/mol. The lowest BCUT2D eigenvalue weighted by Gasteiger charge is -2.40. The molecule has 0 unspecified atom stereocenters. The van der Waals surface area contributed by atoms with Crippen LogP contribution < -0.4 is 15.2 Å². The van der Waals surface area contributed by atoms with Gasteiger partial charge in [0, 0.05) is 31.6 Å². The molecule has 0 aromatic heterocycles. The van der Waals surface area contributed by atoms with Crippen LogP contribution in [0.4, 0.5) is 0 Å². The third-order valence-electron chi connectivity index (χ3n) is 5.48. The number of nitrogens with zero attached hydrogens (tertiary/aromatic N) is 1. The Kier molecular flexibility index (Phi) is 7.38. The number of hydrogen-bond acceptors (Lipinski definition) is 6. The number of piperidine rings is 1. The molecule has 2 atom stereocenters. The number of hydrogen-bond donors (Lipinski definition) is 1. The number of halogens is 1. The molecule has 0 radical (unpaired) electrons. The molecule has 2 aliphatic heterocycles. The summed E-state index contributed by atoms with van der Waals surface area (Å²) in [5.41, 5.74) is 8.10. The van der Waals surface area contributed by atoms with Gasteiger partial charge in [-0.1, -0.05) is 6.07 Å². The van der Waals surface area contributed by atoms with Gasteiger partial charge in [0.25, 0.3) is 0 Å². The van der Waals surface area contributed by atoms with Gasteiger partial charge >= 0.3 is 0 Å². The summed E-state index contributed by atoms with van der Waals surface area (Å²) in [6, 6.07) is 3.88. The molecule has 0 aliphatic carbocycles. The van der Waals surface area contributed by atoms with Crippen molar-refractivity contribution in [2.75, 3.05) is 40.1 Å². The Labute approximate surface area is 167 Å². The molecule has 0 spiro atoms. The van der Waals surface area contributed by atoms with Gasteiger partial charge in [0.05, 0.1) is 32.7 Å². The maximum atomic E-state index is 11.7. The fourth-order valence-corrected chi connectivity index (χ4v) is 4.97. The number of methoxy groups -OCH3 is 2. The Morgan fingerprint density at radius 3 is 2.41 bits per heavy atom. The van der Waals surface area contributed by atoms with Gasteiger partial charge < -0.3 is 19.9 Å². The summed E-state index contributed by atoms with van der Waals surface area (Å²) in [7, 11) is 0.143. The van der Waals surface area contributed by atoms with E-state index in [0.717, 1.165) is 36.1 Å². The van der Waals surface area contributed by atoms with E-state index in [9.17, 15) is 8.42 Å². The van der Waals surface area contributed by atoms with Crippen LogP contribution >= 0.6 is 12.4 Å². The Morgan fingerprint density at radius 2 is 1.89 bits per heavy atom. The number of sulfonamides is 1. The third kappa shape index (κ3) is 4.51. The Morgan fingerprint density at radius 1 is 1.22 bits per heavy atom. The lowest BCUT2D eigenvalue weighted by Crippen LogP contribution is -2.43. The second-order valence-electron chi connectivity index (χ2n) is 6.97. The maximum Gasteiger partial charge on any atom is 0.211 e. The van der Waals surface area contributed by atoms with E-state index in [1.165, 1.54) is 6.26 Å². The van der Waals surface area contributed by atoms with E-state index >= 15 is 0 Å². The molecule has 1 fully saturated rings. The van der Waals surface area contributed by atoms with Crippen molar-refractivity contribution in [3.05, 3.63) is 23.3 Å². The molecule has 9 heteroatoms. The third-order valence-corrected chi connectivity index (χ3v) is 6.79. The average Bonchev–Trinajstić information content (AvgIpc) is 2.65. The lowest BCUT2D eigenvalue weighted by molar-refractivity contribution is -0.0612. The molecule has 1 aromatic rings. The molecule has 0 bridgehead atoms. The van der Waals surface area contributed by atoms with Gasteiger partial charge in [0.15, 0.2) is 11.5 Å². The first-order valence-corrected chi connectivity index (χ1v) is 10.8. The molecular formula is C18H29ClN2O5S. The summed E-state index contributed by atoms with van der Waals surface area (Å²) in [6.07, 6.45) is 3.38. The number of ether oxygens (including phenoxy) is 3. The van der Waals surface area contributed by atoms with Gasteiger partial charge in [-0.2, -0.15) is 0 Å². The van der Waals surface area contributed by atoms with E-state index in [-0.39, 0.29) is 24.6 Å². The van der Waals surface area contributed by atoms with E-state index in [0.29, 0.717) is 31.3 Å². The quantitative estimate of drug-likeness (QED) is 0.780. The van der Waals surface area contributed by atoms with Crippen LogP contribution in [0.3, 0.4) is 0 Å². The van der Waals surface area contributed by atoms with E-state index in [2.05, 4.69) is 0 Å². The first-order chi connectivity index (χ1) is 12.4. The van der Waals surface area contributed by atoms with Crippen molar-refractivity contribution in [2.24, 2.45) is 11.7 Å². The molecule has 1 aromatic carbocycles. The van der Waals surface area contributed by atoms with E-state index < -0.39 is 10.0 Å². The first-order valence-electron chi connectivity index (χ1n) is 8.93. The standard InChI is InChI=1S/C18H28N2O5S.ClH/c1-23-15-5-4-13-14(18(15)24-2)10-16(25-17(13)11-19)12-6-8-20(9-7-12)26(3,21)22;/h4-5,12,16-17H,6-11,19H2,1-3H3;1H/t16-,17-;/m0./s1. The van der Waals surface area contributed by atoms with E-state index in [1.807, 2.05) is 12.1 Å². The maximum absolute atomic E-state index is 11.7. The largest absolute Gasteiger partial charge is 0.493 e. The van der Waals surface area contributed by atoms with Crippen molar-refractivity contribution in [3.8, 4) is 11.5 Å². The normalized spacial score (nSPS) is 24.0. The second-order valence-corrected chi connectivity index (χ2v) is 8.95. The first kappa shape index (κ1) is 22.2. The SMILES string of the molecule is COc1ccc2c(c1OC)C[C@@H](C1CCN(S(C)(=O)=O)CC1)O[C@H]2CN.Cl. The topological polar surface area (TPSA) is 91.1 Å². The summed E-state index contributed by atoms with van der Waals surface area (Å²) in [5, 5.41) is 0. The van der Waals surface area contributed by atoms with Crippen LogP contribution in [0, 0.1) is 5.92 Å². The highest BCUT2D eigenvalue weighted by molar-refractivity contribution is 7.88. The molecule has 3 rings (SSSR count). The van der Waals surface area contributed by atoms with Crippen LogP contribution in [-0.2, 0) is 21.2 Å². The minimum absolute atomic E-state index is 0. The zero-order valence-corrected chi connectivity index (χ0v) is 17.6. The van der Waals surface area contributed by atoms with Crippen molar-refractivity contribution < 1.29 is 22.6 Å². The lowest BCUT2D eigenvalue weighted by atomic mass is 9.83. The highest BCUT2D eigenvalue weighted by atomic mass is 35.5. The number of benzene rings is 1. The van der Waals surface area contributed by atoms with Crippen LogP contribution in [0.2, 0.25) is 0 Å². The summed E-state index contributed by atoms with van der Waals surface area (Å²) < 4.78 is 42.4. The number of rotatable bonds is 5. The van der Waals surface area contributed by atoms with E-state index in [1.54, 1.807) is 18.5 Å². The highest BCUT2D eigenvalue weighted by Crippen LogP contribution is 2.43. The molecule has 2 aliphatic rings. The average molecular weight is 421 g/mol. The van der Waals surface area contributed by atoms with Crippen molar-refractivity contribution >= 4 is 22.4 Å². The second kappa shape index (κ2) is 8.96. The Balaban J connectivity index is 0.00000261. The Bertz CT molecular complexity index is 750. The summed E-state index contributed by atoms with van der Waals surface area (Å²) in [6.45, 7) is 1.47. The molecule has 27 heavy (non-hydrogen) atoms. The number of nitrogens with two attached hydrogens (primary N) is 1. The molecule has 0 saturated carbocycles. The molecule has 2 heterocycles. The van der Waals surface area contributed by atoms with Gasteiger partial charge in [-0.05, 0) is 30.4 Å². The Hall–Kier alpha value is -1.06. The molecule has 154 valence electrons. The van der Waals surface area contributed by atoms with Gasteiger partial charge in [-0.3, -0.25) is 0 Å².